The lowest BCUT2D eigenvalue weighted by Crippen LogP contribution is -2.21. The molecule has 4 heteroatoms. The van der Waals surface area contributed by atoms with Gasteiger partial charge in [0.15, 0.2) is 0 Å². The van der Waals surface area contributed by atoms with E-state index >= 15 is 0 Å². The molecule has 0 radical (unpaired) electrons. The Labute approximate surface area is 206 Å². The van der Waals surface area contributed by atoms with Crippen LogP contribution in [-0.2, 0) is 18.4 Å². The first-order valence-corrected chi connectivity index (χ1v) is 11.9. The summed E-state index contributed by atoms with van der Waals surface area (Å²) >= 11 is 0. The van der Waals surface area contributed by atoms with Crippen molar-refractivity contribution in [3.63, 3.8) is 0 Å². The summed E-state index contributed by atoms with van der Waals surface area (Å²) < 4.78 is 8.72. The van der Waals surface area contributed by atoms with Crippen molar-refractivity contribution in [1.82, 2.24) is 9.55 Å². The largest absolute Gasteiger partial charge is 0.362 e. The lowest BCUT2D eigenvalue weighted by Gasteiger charge is -2.31. The summed E-state index contributed by atoms with van der Waals surface area (Å²) in [5.74, 6) is 0. The Kier molecular flexibility index (Phi) is 6.11. The Morgan fingerprint density at radius 3 is 2.60 bits per heavy atom. The zero-order chi connectivity index (χ0) is 24.4. The van der Waals surface area contributed by atoms with Crippen LogP contribution in [0.4, 0.5) is 0 Å². The summed E-state index contributed by atoms with van der Waals surface area (Å²) in [6.45, 7) is 4.62. The second-order valence-electron chi connectivity index (χ2n) is 9.48. The number of benzene rings is 3. The van der Waals surface area contributed by atoms with Gasteiger partial charge >= 0.3 is 0 Å². The Morgan fingerprint density at radius 1 is 1.09 bits per heavy atom. The van der Waals surface area contributed by atoms with Gasteiger partial charge in [0.1, 0.15) is 6.10 Å². The quantitative estimate of drug-likeness (QED) is 0.309. The van der Waals surface area contributed by atoms with Gasteiger partial charge in [0.25, 0.3) is 0 Å². The average molecular weight is 460 g/mol. The third kappa shape index (κ3) is 4.32. The van der Waals surface area contributed by atoms with Crippen LogP contribution in [0.3, 0.4) is 0 Å². The van der Waals surface area contributed by atoms with Crippen molar-refractivity contribution < 1.29 is 4.74 Å². The van der Waals surface area contributed by atoms with Gasteiger partial charge in [0.05, 0.1) is 36.3 Å². The standard InChI is InChI=1S/C31H29N3O/c1-22-13-14-23-9-7-8-12-26(23)27(22)19-35-30(29-18-33-21-34(29)3)25-15-16-31(2,20-32)28(17-25)24-10-5-4-6-11-24/h4-15,17-18,21,30H,16,19H2,1-3H3. The van der Waals surface area contributed by atoms with E-state index in [1.165, 1.54) is 21.9 Å². The van der Waals surface area contributed by atoms with Crippen LogP contribution in [0.15, 0.2) is 97.0 Å². The van der Waals surface area contributed by atoms with Crippen molar-refractivity contribution in [2.45, 2.75) is 33.0 Å². The highest BCUT2D eigenvalue weighted by Gasteiger charge is 2.34. The average Bonchev–Trinajstić information content (AvgIpc) is 3.32. The normalized spacial score (nSPS) is 18.6. The van der Waals surface area contributed by atoms with Gasteiger partial charge in [-0.1, -0.05) is 78.9 Å². The van der Waals surface area contributed by atoms with Crippen molar-refractivity contribution in [3.8, 4) is 6.07 Å². The molecule has 5 rings (SSSR count). The lowest BCUT2D eigenvalue weighted by atomic mass is 9.72. The number of nitrogens with zero attached hydrogens (tertiary/aromatic N) is 3. The summed E-state index contributed by atoms with van der Waals surface area (Å²) in [4.78, 5) is 4.36. The topological polar surface area (TPSA) is 50.8 Å². The minimum absolute atomic E-state index is 0.303. The predicted octanol–water partition coefficient (Wildman–Crippen LogP) is 7.08. The Hall–Kier alpha value is -3.94. The molecule has 0 saturated heterocycles. The first-order chi connectivity index (χ1) is 17.0. The number of ether oxygens (including phenoxy) is 1. The smallest absolute Gasteiger partial charge is 0.124 e. The molecule has 0 spiro atoms. The molecule has 2 unspecified atom stereocenters. The van der Waals surface area contributed by atoms with Crippen LogP contribution in [-0.4, -0.2) is 9.55 Å². The van der Waals surface area contributed by atoms with Crippen molar-refractivity contribution >= 4 is 16.3 Å². The highest BCUT2D eigenvalue weighted by molar-refractivity contribution is 5.86. The van der Waals surface area contributed by atoms with Gasteiger partial charge in [0, 0.05) is 7.05 Å². The van der Waals surface area contributed by atoms with Crippen molar-refractivity contribution in [1.29, 1.82) is 5.26 Å². The number of nitriles is 1. The van der Waals surface area contributed by atoms with Gasteiger partial charge in [-0.25, -0.2) is 4.98 Å². The number of rotatable bonds is 6. The number of aromatic nitrogens is 2. The minimum atomic E-state index is -0.589. The highest BCUT2D eigenvalue weighted by Crippen LogP contribution is 2.45. The van der Waals surface area contributed by atoms with Gasteiger partial charge in [-0.05, 0) is 58.9 Å². The number of allylic oxidation sites excluding steroid dienone is 2. The van der Waals surface area contributed by atoms with Gasteiger partial charge < -0.3 is 9.30 Å². The highest BCUT2D eigenvalue weighted by atomic mass is 16.5. The predicted molar refractivity (Wildman–Crippen MR) is 140 cm³/mol. The summed E-state index contributed by atoms with van der Waals surface area (Å²) in [5, 5.41) is 12.5. The van der Waals surface area contributed by atoms with E-state index in [1.807, 2.05) is 42.9 Å². The van der Waals surface area contributed by atoms with E-state index in [9.17, 15) is 5.26 Å². The third-order valence-corrected chi connectivity index (χ3v) is 7.08. The van der Waals surface area contributed by atoms with E-state index < -0.39 is 5.41 Å². The molecule has 0 amide bonds. The number of hydrogen-bond donors (Lipinski definition) is 0. The molecular weight excluding hydrogens is 430 g/mol. The number of aryl methyl sites for hydroxylation is 2. The molecule has 35 heavy (non-hydrogen) atoms. The maximum atomic E-state index is 10.1. The minimum Gasteiger partial charge on any atom is -0.362 e. The molecule has 2 atom stereocenters. The van der Waals surface area contributed by atoms with Crippen LogP contribution in [0, 0.1) is 23.7 Å². The molecule has 1 heterocycles. The molecule has 3 aromatic carbocycles. The van der Waals surface area contributed by atoms with Crippen LogP contribution in [0.2, 0.25) is 0 Å². The molecule has 4 nitrogen and oxygen atoms in total. The van der Waals surface area contributed by atoms with E-state index in [4.69, 9.17) is 4.74 Å². The summed E-state index contributed by atoms with van der Waals surface area (Å²) in [6, 6.07) is 25.5. The first-order valence-electron chi connectivity index (χ1n) is 11.9. The summed E-state index contributed by atoms with van der Waals surface area (Å²) in [7, 11) is 1.99. The number of fused-ring (bicyclic) bond motifs is 1. The Morgan fingerprint density at radius 2 is 1.86 bits per heavy atom. The van der Waals surface area contributed by atoms with Crippen molar-refractivity contribution in [2.75, 3.05) is 0 Å². The number of hydrogen-bond acceptors (Lipinski definition) is 3. The molecule has 4 aromatic rings. The molecule has 1 aromatic heterocycles. The van der Waals surface area contributed by atoms with E-state index in [0.29, 0.717) is 13.0 Å². The fourth-order valence-corrected chi connectivity index (χ4v) is 4.90. The zero-order valence-electron chi connectivity index (χ0n) is 20.4. The molecule has 0 aliphatic heterocycles. The maximum absolute atomic E-state index is 10.1. The van der Waals surface area contributed by atoms with Gasteiger partial charge in [-0.2, -0.15) is 5.26 Å². The molecule has 0 N–H and O–H groups in total. The van der Waals surface area contributed by atoms with Crippen LogP contribution in [0.5, 0.6) is 0 Å². The zero-order valence-corrected chi connectivity index (χ0v) is 20.4. The van der Waals surface area contributed by atoms with E-state index in [0.717, 1.165) is 22.4 Å². The molecule has 0 fully saturated rings. The third-order valence-electron chi connectivity index (χ3n) is 7.08. The second-order valence-corrected chi connectivity index (χ2v) is 9.48. The first kappa shape index (κ1) is 22.8. The number of imidazole rings is 1. The van der Waals surface area contributed by atoms with Crippen LogP contribution >= 0.6 is 0 Å². The second kappa shape index (κ2) is 9.37. The Bertz CT molecular complexity index is 1470. The fraction of sp³-hybridized carbons (Fsp3) is 0.226. The summed E-state index contributed by atoms with van der Waals surface area (Å²) in [5.41, 5.74) is 5.94. The molecule has 0 saturated carbocycles. The molecule has 0 bridgehead atoms. The molecule has 1 aliphatic carbocycles. The van der Waals surface area contributed by atoms with Crippen LogP contribution < -0.4 is 0 Å². The SMILES string of the molecule is Cc1ccc2ccccc2c1COC(C1=CCC(C)(C#N)C(c2ccccc2)=C1)c1cncn1C. The van der Waals surface area contributed by atoms with Crippen molar-refractivity contribution in [3.05, 3.63) is 119 Å². The maximum Gasteiger partial charge on any atom is 0.124 e. The Balaban J connectivity index is 1.55. The van der Waals surface area contributed by atoms with Crippen LogP contribution in [0.1, 0.15) is 41.8 Å². The van der Waals surface area contributed by atoms with E-state index in [1.54, 1.807) is 6.33 Å². The molecular formula is C31H29N3O. The molecule has 1 aliphatic rings. The molecule has 174 valence electrons. The monoisotopic (exact) mass is 459 g/mol. The van der Waals surface area contributed by atoms with Gasteiger partial charge in [-0.15, -0.1) is 0 Å². The lowest BCUT2D eigenvalue weighted by molar-refractivity contribution is 0.0616. The van der Waals surface area contributed by atoms with Gasteiger partial charge in [0.2, 0.25) is 0 Å². The van der Waals surface area contributed by atoms with Crippen molar-refractivity contribution in [2.24, 2.45) is 12.5 Å². The van der Waals surface area contributed by atoms with E-state index in [2.05, 4.69) is 78.7 Å². The fourth-order valence-electron chi connectivity index (χ4n) is 4.90. The van der Waals surface area contributed by atoms with Gasteiger partial charge in [-0.3, -0.25) is 0 Å². The summed E-state index contributed by atoms with van der Waals surface area (Å²) in [6.07, 6.45) is 8.31. The van der Waals surface area contributed by atoms with Crippen LogP contribution in [0.25, 0.3) is 16.3 Å². The van der Waals surface area contributed by atoms with E-state index in [-0.39, 0.29) is 6.10 Å².